The zero-order chi connectivity index (χ0) is 19.6. The Morgan fingerprint density at radius 3 is 2.66 bits per heavy atom. The highest BCUT2D eigenvalue weighted by Crippen LogP contribution is 2.29. The van der Waals surface area contributed by atoms with Gasteiger partial charge in [-0.2, -0.15) is 5.10 Å². The van der Waals surface area contributed by atoms with E-state index in [4.69, 9.17) is 0 Å². The third-order valence-electron chi connectivity index (χ3n) is 6.25. The van der Waals surface area contributed by atoms with Crippen molar-refractivity contribution in [3.8, 4) is 11.1 Å². The van der Waals surface area contributed by atoms with Gasteiger partial charge in [0.25, 0.3) is 5.91 Å². The largest absolute Gasteiger partial charge is 0.370 e. The third kappa shape index (κ3) is 3.71. The highest BCUT2D eigenvalue weighted by atomic mass is 16.2. The molecule has 1 aromatic carbocycles. The van der Waals surface area contributed by atoms with E-state index in [1.807, 2.05) is 18.5 Å². The molecule has 2 aromatic heterocycles. The SMILES string of the molecule is O=C(NC1CCCCC1)c1n[nH]c2ccc(-c3cncc(N4CCCC4)c3)cc12. The maximum atomic E-state index is 12.9. The number of carbonyl (C=O) groups excluding carboxylic acids is 1. The molecule has 1 saturated carbocycles. The molecular formula is C23H27N5O. The Balaban J connectivity index is 1.43. The molecule has 150 valence electrons. The maximum Gasteiger partial charge on any atom is 0.272 e. The lowest BCUT2D eigenvalue weighted by Gasteiger charge is -2.22. The maximum absolute atomic E-state index is 12.9. The smallest absolute Gasteiger partial charge is 0.272 e. The van der Waals surface area contributed by atoms with E-state index < -0.39 is 0 Å². The molecule has 0 unspecified atom stereocenters. The number of hydrogen-bond acceptors (Lipinski definition) is 4. The highest BCUT2D eigenvalue weighted by Gasteiger charge is 2.20. The lowest BCUT2D eigenvalue weighted by molar-refractivity contribution is 0.0924. The summed E-state index contributed by atoms with van der Waals surface area (Å²) in [6, 6.07) is 8.58. The minimum atomic E-state index is -0.0794. The van der Waals surface area contributed by atoms with Gasteiger partial charge in [0, 0.05) is 36.3 Å². The average molecular weight is 390 g/mol. The summed E-state index contributed by atoms with van der Waals surface area (Å²) >= 11 is 0. The summed E-state index contributed by atoms with van der Waals surface area (Å²) in [5.41, 5.74) is 4.65. The number of nitrogens with one attached hydrogen (secondary N) is 2. The van der Waals surface area contributed by atoms with Gasteiger partial charge in [-0.3, -0.25) is 14.9 Å². The Hall–Kier alpha value is -2.89. The number of aromatic nitrogens is 3. The van der Waals surface area contributed by atoms with Gasteiger partial charge in [0.15, 0.2) is 5.69 Å². The van der Waals surface area contributed by atoms with Crippen LogP contribution >= 0.6 is 0 Å². The molecule has 3 aromatic rings. The van der Waals surface area contributed by atoms with E-state index in [1.165, 1.54) is 37.8 Å². The fraction of sp³-hybridized carbons (Fsp3) is 0.435. The quantitative estimate of drug-likeness (QED) is 0.698. The number of H-pyrrole nitrogens is 1. The predicted molar refractivity (Wildman–Crippen MR) is 115 cm³/mol. The minimum Gasteiger partial charge on any atom is -0.370 e. The monoisotopic (exact) mass is 389 g/mol. The Morgan fingerprint density at radius 1 is 1.00 bits per heavy atom. The molecule has 0 atom stereocenters. The lowest BCUT2D eigenvalue weighted by Crippen LogP contribution is -2.36. The first kappa shape index (κ1) is 18.2. The normalized spacial score (nSPS) is 17.7. The second-order valence-electron chi connectivity index (χ2n) is 8.27. The fourth-order valence-corrected chi connectivity index (χ4v) is 4.60. The molecule has 1 aliphatic carbocycles. The summed E-state index contributed by atoms with van der Waals surface area (Å²) < 4.78 is 0. The van der Waals surface area contributed by atoms with Gasteiger partial charge < -0.3 is 10.2 Å². The summed E-state index contributed by atoms with van der Waals surface area (Å²) in [5.74, 6) is -0.0794. The van der Waals surface area contributed by atoms with Gasteiger partial charge in [-0.1, -0.05) is 25.3 Å². The number of hydrogen-bond donors (Lipinski definition) is 2. The minimum absolute atomic E-state index is 0.0794. The van der Waals surface area contributed by atoms with E-state index in [0.717, 1.165) is 48.0 Å². The lowest BCUT2D eigenvalue weighted by atomic mass is 9.95. The van der Waals surface area contributed by atoms with Crippen molar-refractivity contribution in [1.29, 1.82) is 0 Å². The van der Waals surface area contributed by atoms with Crippen molar-refractivity contribution in [1.82, 2.24) is 20.5 Å². The molecular weight excluding hydrogens is 362 g/mol. The van der Waals surface area contributed by atoms with E-state index in [1.54, 1.807) is 0 Å². The van der Waals surface area contributed by atoms with Crippen LogP contribution in [0.5, 0.6) is 0 Å². The Kier molecular flexibility index (Phi) is 4.92. The van der Waals surface area contributed by atoms with E-state index >= 15 is 0 Å². The van der Waals surface area contributed by atoms with Gasteiger partial charge in [-0.15, -0.1) is 0 Å². The van der Waals surface area contributed by atoms with Crippen molar-refractivity contribution in [2.45, 2.75) is 51.0 Å². The number of rotatable bonds is 4. The summed E-state index contributed by atoms with van der Waals surface area (Å²) in [6.07, 6.45) is 12.1. The van der Waals surface area contributed by atoms with E-state index in [0.29, 0.717) is 5.69 Å². The van der Waals surface area contributed by atoms with Crippen LogP contribution in [0.4, 0.5) is 5.69 Å². The van der Waals surface area contributed by atoms with E-state index in [9.17, 15) is 4.79 Å². The molecule has 1 amide bonds. The van der Waals surface area contributed by atoms with Crippen LogP contribution in [0.1, 0.15) is 55.4 Å². The topological polar surface area (TPSA) is 73.9 Å². The molecule has 6 nitrogen and oxygen atoms in total. The number of amides is 1. The summed E-state index contributed by atoms with van der Waals surface area (Å²) in [4.78, 5) is 19.7. The van der Waals surface area contributed by atoms with E-state index in [-0.39, 0.29) is 11.9 Å². The molecule has 0 spiro atoms. The van der Waals surface area contributed by atoms with Gasteiger partial charge in [0.1, 0.15) is 0 Å². The van der Waals surface area contributed by atoms with Crippen molar-refractivity contribution < 1.29 is 4.79 Å². The molecule has 5 rings (SSSR count). The highest BCUT2D eigenvalue weighted by molar-refractivity contribution is 6.05. The second-order valence-corrected chi connectivity index (χ2v) is 8.27. The first-order valence-corrected chi connectivity index (χ1v) is 10.8. The first-order valence-electron chi connectivity index (χ1n) is 10.8. The average Bonchev–Trinajstić information content (AvgIpc) is 3.44. The van der Waals surface area contributed by atoms with Crippen molar-refractivity contribution in [3.05, 3.63) is 42.4 Å². The van der Waals surface area contributed by atoms with Crippen LogP contribution in [0.15, 0.2) is 36.7 Å². The molecule has 2 aliphatic rings. The first-order chi connectivity index (χ1) is 14.3. The van der Waals surface area contributed by atoms with Gasteiger partial charge in [0.05, 0.1) is 17.4 Å². The van der Waals surface area contributed by atoms with Crippen LogP contribution in [0.25, 0.3) is 22.0 Å². The molecule has 1 saturated heterocycles. The van der Waals surface area contributed by atoms with Gasteiger partial charge in [-0.05, 0) is 49.4 Å². The number of anilines is 1. The zero-order valence-corrected chi connectivity index (χ0v) is 16.7. The van der Waals surface area contributed by atoms with Crippen LogP contribution < -0.4 is 10.2 Å². The Labute approximate surface area is 170 Å². The molecule has 0 radical (unpaired) electrons. The number of benzene rings is 1. The number of pyridine rings is 1. The van der Waals surface area contributed by atoms with Crippen LogP contribution in [0, 0.1) is 0 Å². The number of aromatic amines is 1. The number of fused-ring (bicyclic) bond motifs is 1. The molecule has 3 heterocycles. The zero-order valence-electron chi connectivity index (χ0n) is 16.7. The van der Waals surface area contributed by atoms with Crippen LogP contribution in [0.3, 0.4) is 0 Å². The second kappa shape index (κ2) is 7.85. The van der Waals surface area contributed by atoms with Gasteiger partial charge in [-0.25, -0.2) is 0 Å². The van der Waals surface area contributed by atoms with Gasteiger partial charge in [0.2, 0.25) is 0 Å². The molecule has 2 fully saturated rings. The Bertz CT molecular complexity index is 1020. The molecule has 0 bridgehead atoms. The van der Waals surface area contributed by atoms with Crippen molar-refractivity contribution >= 4 is 22.5 Å². The van der Waals surface area contributed by atoms with Crippen LogP contribution in [-0.2, 0) is 0 Å². The number of nitrogens with zero attached hydrogens (tertiary/aromatic N) is 3. The van der Waals surface area contributed by atoms with Gasteiger partial charge >= 0.3 is 0 Å². The standard InChI is InChI=1S/C23H27N5O/c29-23(25-18-6-2-1-3-7-18)22-20-13-16(8-9-21(20)26-27-22)17-12-19(15-24-14-17)28-10-4-5-11-28/h8-9,12-15,18H,1-7,10-11H2,(H,25,29)(H,26,27). The summed E-state index contributed by atoms with van der Waals surface area (Å²) in [5, 5.41) is 11.4. The molecule has 1 aliphatic heterocycles. The summed E-state index contributed by atoms with van der Waals surface area (Å²) in [6.45, 7) is 2.19. The van der Waals surface area contributed by atoms with Crippen molar-refractivity contribution in [2.75, 3.05) is 18.0 Å². The molecule has 29 heavy (non-hydrogen) atoms. The number of carbonyl (C=O) groups is 1. The summed E-state index contributed by atoms with van der Waals surface area (Å²) in [7, 11) is 0. The van der Waals surface area contributed by atoms with Crippen LogP contribution in [-0.4, -0.2) is 40.2 Å². The van der Waals surface area contributed by atoms with Crippen LogP contribution in [0.2, 0.25) is 0 Å². The predicted octanol–water partition coefficient (Wildman–Crippen LogP) is 4.29. The molecule has 6 heteroatoms. The fourth-order valence-electron chi connectivity index (χ4n) is 4.60. The van der Waals surface area contributed by atoms with Crippen molar-refractivity contribution in [2.24, 2.45) is 0 Å². The molecule has 2 N–H and O–H groups in total. The third-order valence-corrected chi connectivity index (χ3v) is 6.25. The Morgan fingerprint density at radius 2 is 1.83 bits per heavy atom. The van der Waals surface area contributed by atoms with E-state index in [2.05, 4.69) is 43.6 Å². The van der Waals surface area contributed by atoms with Crippen molar-refractivity contribution in [3.63, 3.8) is 0 Å².